The molecule has 2 rings (SSSR count). The van der Waals surface area contributed by atoms with E-state index in [2.05, 4.69) is 20.3 Å². The van der Waals surface area contributed by atoms with Crippen LogP contribution >= 0.6 is 0 Å². The van der Waals surface area contributed by atoms with Crippen LogP contribution in [-0.4, -0.2) is 52.4 Å². The third kappa shape index (κ3) is 5.59. The number of nitrogens with two attached hydrogens (primary N) is 1. The fraction of sp³-hybridized carbons (Fsp3) is 0.267. The molecule has 0 bridgehead atoms. The molecule has 0 radical (unpaired) electrons. The van der Waals surface area contributed by atoms with Gasteiger partial charge in [0.05, 0.1) is 4.92 Å². The van der Waals surface area contributed by atoms with Crippen LogP contribution in [0.2, 0.25) is 0 Å². The van der Waals surface area contributed by atoms with E-state index in [-0.39, 0.29) is 29.6 Å². The minimum atomic E-state index is -0.737. The SMILES string of the molecule is CN(C)c1nc(N)nc(COC(=O)CNC(=O)c2cccc([N+](=O)[O-])c2)n1. The monoisotopic (exact) mass is 375 g/mol. The fourth-order valence-corrected chi connectivity index (χ4v) is 1.90. The maximum absolute atomic E-state index is 12.0. The molecular weight excluding hydrogens is 358 g/mol. The van der Waals surface area contributed by atoms with Gasteiger partial charge in [0, 0.05) is 31.8 Å². The number of carbonyl (C=O) groups is 2. The molecule has 1 aromatic carbocycles. The molecule has 0 spiro atoms. The summed E-state index contributed by atoms with van der Waals surface area (Å²) in [7, 11) is 3.43. The summed E-state index contributed by atoms with van der Waals surface area (Å²) in [6.07, 6.45) is 0. The van der Waals surface area contributed by atoms with E-state index in [0.717, 1.165) is 6.07 Å². The van der Waals surface area contributed by atoms with Gasteiger partial charge in [-0.3, -0.25) is 19.7 Å². The topological polar surface area (TPSA) is 166 Å². The van der Waals surface area contributed by atoms with E-state index in [0.29, 0.717) is 5.95 Å². The molecule has 0 saturated heterocycles. The molecule has 1 heterocycles. The molecule has 0 unspecified atom stereocenters. The molecule has 1 amide bonds. The predicted octanol–water partition coefficient (Wildman–Crippen LogP) is -0.0988. The first kappa shape index (κ1) is 19.5. The summed E-state index contributed by atoms with van der Waals surface area (Å²) in [6.45, 7) is -0.679. The Hall–Kier alpha value is -3.83. The molecule has 0 aliphatic heterocycles. The number of esters is 1. The maximum Gasteiger partial charge on any atom is 0.325 e. The standard InChI is InChI=1S/C15H17N7O5/c1-21(2)15-19-11(18-14(16)20-15)8-27-12(23)7-17-13(24)9-4-3-5-10(6-9)22(25)26/h3-6H,7-8H2,1-2H3,(H,17,24)(H2,16,18,19,20). The fourth-order valence-electron chi connectivity index (χ4n) is 1.90. The lowest BCUT2D eigenvalue weighted by Crippen LogP contribution is -2.30. The zero-order valence-corrected chi connectivity index (χ0v) is 14.6. The Morgan fingerprint density at radius 3 is 2.70 bits per heavy atom. The Bertz CT molecular complexity index is 871. The summed E-state index contributed by atoms with van der Waals surface area (Å²) in [5, 5.41) is 13.0. The molecule has 27 heavy (non-hydrogen) atoms. The summed E-state index contributed by atoms with van der Waals surface area (Å²) in [4.78, 5) is 47.3. The Morgan fingerprint density at radius 2 is 2.04 bits per heavy atom. The van der Waals surface area contributed by atoms with E-state index >= 15 is 0 Å². The van der Waals surface area contributed by atoms with Gasteiger partial charge in [-0.15, -0.1) is 0 Å². The van der Waals surface area contributed by atoms with Crippen molar-refractivity contribution in [3.8, 4) is 0 Å². The summed E-state index contributed by atoms with van der Waals surface area (Å²) < 4.78 is 4.98. The van der Waals surface area contributed by atoms with E-state index in [4.69, 9.17) is 10.5 Å². The minimum absolute atomic E-state index is 0.0151. The smallest absolute Gasteiger partial charge is 0.325 e. The number of ether oxygens (including phenoxy) is 1. The lowest BCUT2D eigenvalue weighted by molar-refractivity contribution is -0.384. The molecule has 0 atom stereocenters. The quantitative estimate of drug-likeness (QED) is 0.379. The van der Waals surface area contributed by atoms with E-state index in [1.54, 1.807) is 19.0 Å². The van der Waals surface area contributed by atoms with E-state index in [1.165, 1.54) is 18.2 Å². The number of benzene rings is 1. The molecule has 0 fully saturated rings. The number of nitrogens with zero attached hydrogens (tertiary/aromatic N) is 5. The van der Waals surface area contributed by atoms with Crippen LogP contribution < -0.4 is 16.0 Å². The van der Waals surface area contributed by atoms with Crippen LogP contribution in [0.15, 0.2) is 24.3 Å². The minimum Gasteiger partial charge on any atom is -0.456 e. The number of nitrogens with one attached hydrogen (secondary N) is 1. The van der Waals surface area contributed by atoms with Crippen molar-refractivity contribution >= 4 is 29.5 Å². The van der Waals surface area contributed by atoms with Crippen LogP contribution in [0.1, 0.15) is 16.2 Å². The van der Waals surface area contributed by atoms with Crippen molar-refractivity contribution in [1.82, 2.24) is 20.3 Å². The molecule has 12 heteroatoms. The van der Waals surface area contributed by atoms with Crippen molar-refractivity contribution < 1.29 is 19.2 Å². The molecular formula is C15H17N7O5. The number of amides is 1. The van der Waals surface area contributed by atoms with Crippen molar-refractivity contribution in [2.24, 2.45) is 0 Å². The van der Waals surface area contributed by atoms with Gasteiger partial charge in [0.1, 0.15) is 6.54 Å². The molecule has 0 aliphatic rings. The number of anilines is 2. The second-order valence-corrected chi connectivity index (χ2v) is 5.46. The first-order valence-corrected chi connectivity index (χ1v) is 7.62. The number of carbonyl (C=O) groups excluding carboxylic acids is 2. The van der Waals surface area contributed by atoms with E-state index in [9.17, 15) is 19.7 Å². The Labute approximate surface area is 153 Å². The highest BCUT2D eigenvalue weighted by molar-refractivity contribution is 5.96. The van der Waals surface area contributed by atoms with Gasteiger partial charge in [-0.2, -0.15) is 15.0 Å². The predicted molar refractivity (Wildman–Crippen MR) is 93.8 cm³/mol. The molecule has 2 aromatic rings. The molecule has 0 saturated carbocycles. The average Bonchev–Trinajstić information content (AvgIpc) is 2.64. The van der Waals surface area contributed by atoms with E-state index in [1.807, 2.05) is 0 Å². The number of nitro benzene ring substituents is 1. The third-order valence-electron chi connectivity index (χ3n) is 3.16. The number of hydrogen-bond acceptors (Lipinski definition) is 10. The highest BCUT2D eigenvalue weighted by Gasteiger charge is 2.14. The van der Waals surface area contributed by atoms with Gasteiger partial charge in [-0.1, -0.05) is 6.07 Å². The van der Waals surface area contributed by atoms with Gasteiger partial charge in [0.2, 0.25) is 11.9 Å². The van der Waals surface area contributed by atoms with Crippen molar-refractivity contribution in [3.05, 3.63) is 45.8 Å². The molecule has 3 N–H and O–H groups in total. The number of nitrogen functional groups attached to an aromatic ring is 1. The van der Waals surface area contributed by atoms with Crippen LogP contribution in [0.4, 0.5) is 17.6 Å². The van der Waals surface area contributed by atoms with Crippen LogP contribution in [0, 0.1) is 10.1 Å². The second kappa shape index (κ2) is 8.51. The van der Waals surface area contributed by atoms with Crippen molar-refractivity contribution in [2.75, 3.05) is 31.3 Å². The molecule has 1 aromatic heterocycles. The zero-order valence-electron chi connectivity index (χ0n) is 14.6. The summed E-state index contributed by atoms with van der Waals surface area (Å²) in [6, 6.07) is 5.13. The van der Waals surface area contributed by atoms with Gasteiger partial charge in [-0.25, -0.2) is 0 Å². The first-order chi connectivity index (χ1) is 12.8. The molecule has 0 aliphatic carbocycles. The number of aromatic nitrogens is 3. The van der Waals surface area contributed by atoms with Crippen molar-refractivity contribution in [3.63, 3.8) is 0 Å². The van der Waals surface area contributed by atoms with Crippen LogP contribution in [0.25, 0.3) is 0 Å². The van der Waals surface area contributed by atoms with Crippen molar-refractivity contribution in [2.45, 2.75) is 6.61 Å². The van der Waals surface area contributed by atoms with E-state index < -0.39 is 23.3 Å². The largest absolute Gasteiger partial charge is 0.456 e. The number of non-ortho nitro benzene ring substituents is 1. The van der Waals surface area contributed by atoms with Gasteiger partial charge < -0.3 is 20.7 Å². The van der Waals surface area contributed by atoms with Gasteiger partial charge in [0.25, 0.3) is 11.6 Å². The molecule has 142 valence electrons. The lowest BCUT2D eigenvalue weighted by atomic mass is 10.2. The highest BCUT2D eigenvalue weighted by Crippen LogP contribution is 2.12. The van der Waals surface area contributed by atoms with Crippen LogP contribution in [0.5, 0.6) is 0 Å². The summed E-state index contributed by atoms with van der Waals surface area (Å²) in [5.41, 5.74) is 5.39. The normalized spacial score (nSPS) is 10.1. The average molecular weight is 375 g/mol. The Kier molecular flexibility index (Phi) is 6.14. The van der Waals surface area contributed by atoms with Crippen LogP contribution in [0.3, 0.4) is 0 Å². The third-order valence-corrected chi connectivity index (χ3v) is 3.16. The zero-order chi connectivity index (χ0) is 20.0. The Morgan fingerprint density at radius 1 is 1.30 bits per heavy atom. The number of hydrogen-bond donors (Lipinski definition) is 2. The highest BCUT2D eigenvalue weighted by atomic mass is 16.6. The first-order valence-electron chi connectivity index (χ1n) is 7.62. The number of nitro groups is 1. The Balaban J connectivity index is 1.88. The van der Waals surface area contributed by atoms with Crippen LogP contribution in [-0.2, 0) is 16.1 Å². The van der Waals surface area contributed by atoms with Gasteiger partial charge in [-0.05, 0) is 6.07 Å². The van der Waals surface area contributed by atoms with Crippen molar-refractivity contribution in [1.29, 1.82) is 0 Å². The second-order valence-electron chi connectivity index (χ2n) is 5.46. The lowest BCUT2D eigenvalue weighted by Gasteiger charge is -2.11. The summed E-state index contributed by atoms with van der Waals surface area (Å²) >= 11 is 0. The van der Waals surface area contributed by atoms with Gasteiger partial charge in [0.15, 0.2) is 12.4 Å². The maximum atomic E-state index is 12.0. The van der Waals surface area contributed by atoms with Gasteiger partial charge >= 0.3 is 5.97 Å². The summed E-state index contributed by atoms with van der Waals surface area (Å²) in [5.74, 6) is -0.926. The molecule has 12 nitrogen and oxygen atoms in total. The number of rotatable bonds is 7.